The van der Waals surface area contributed by atoms with E-state index in [0.29, 0.717) is 33.5 Å². The number of rotatable bonds is 6. The summed E-state index contributed by atoms with van der Waals surface area (Å²) in [7, 11) is 3.05. The minimum Gasteiger partial charge on any atom is -0.493 e. The smallest absolute Gasteiger partial charge is 0.257 e. The Kier molecular flexibility index (Phi) is 5.94. The molecule has 0 fully saturated rings. The van der Waals surface area contributed by atoms with Gasteiger partial charge in [-0.2, -0.15) is 0 Å². The number of para-hydroxylation sites is 1. The summed E-state index contributed by atoms with van der Waals surface area (Å²) in [5, 5.41) is 3.07. The van der Waals surface area contributed by atoms with Gasteiger partial charge in [-0.15, -0.1) is 0 Å². The number of benzene rings is 2. The van der Waals surface area contributed by atoms with Gasteiger partial charge in [-0.3, -0.25) is 9.59 Å². The average molecular weight is 441 g/mol. The molecule has 2 heterocycles. The monoisotopic (exact) mass is 441 g/mol. The number of aromatic amines is 1. The molecule has 0 spiro atoms. The zero-order valence-electron chi connectivity index (χ0n) is 16.9. The standard InChI is InChI=1S/C22H20FN3O4S/c1-29-16-5-3-4-14(19(16)30-2)15-10-17(27)24-20-18(15)21(28)26-22(25-20)31-11-12-6-8-13(23)9-7-12/h3-9,15H,10-11H2,1-2H3,(H2,24,25,26,27,28). The second-order valence-corrected chi connectivity index (χ2v) is 7.90. The molecular weight excluding hydrogens is 421 g/mol. The molecule has 0 aliphatic carbocycles. The van der Waals surface area contributed by atoms with Crippen molar-refractivity contribution in [3.8, 4) is 11.5 Å². The third-order valence-electron chi connectivity index (χ3n) is 5.03. The normalized spacial score (nSPS) is 15.2. The zero-order chi connectivity index (χ0) is 22.0. The van der Waals surface area contributed by atoms with Crippen LogP contribution >= 0.6 is 11.8 Å². The van der Waals surface area contributed by atoms with E-state index in [1.165, 1.54) is 38.1 Å². The van der Waals surface area contributed by atoms with Crippen molar-refractivity contribution in [1.29, 1.82) is 0 Å². The summed E-state index contributed by atoms with van der Waals surface area (Å²) in [6, 6.07) is 11.5. The summed E-state index contributed by atoms with van der Waals surface area (Å²) < 4.78 is 24.0. The van der Waals surface area contributed by atoms with Gasteiger partial charge in [0.15, 0.2) is 16.7 Å². The topological polar surface area (TPSA) is 93.3 Å². The highest BCUT2D eigenvalue weighted by molar-refractivity contribution is 7.98. The van der Waals surface area contributed by atoms with Crippen LogP contribution in [-0.2, 0) is 10.5 Å². The van der Waals surface area contributed by atoms with Crippen molar-refractivity contribution in [2.24, 2.45) is 0 Å². The van der Waals surface area contributed by atoms with Crippen LogP contribution in [0.25, 0.3) is 0 Å². The van der Waals surface area contributed by atoms with E-state index in [0.717, 1.165) is 5.56 Å². The number of hydrogen-bond donors (Lipinski definition) is 2. The van der Waals surface area contributed by atoms with E-state index in [1.807, 2.05) is 6.07 Å². The molecule has 9 heteroatoms. The number of nitrogens with zero attached hydrogens (tertiary/aromatic N) is 1. The lowest BCUT2D eigenvalue weighted by Gasteiger charge is -2.26. The number of H-pyrrole nitrogens is 1. The van der Waals surface area contributed by atoms with Crippen molar-refractivity contribution in [2.45, 2.75) is 23.2 Å². The fourth-order valence-corrected chi connectivity index (χ4v) is 4.42. The number of amides is 1. The van der Waals surface area contributed by atoms with E-state index in [4.69, 9.17) is 9.47 Å². The Balaban J connectivity index is 1.69. The number of thioether (sulfide) groups is 1. The number of methoxy groups -OCH3 is 2. The predicted molar refractivity (Wildman–Crippen MR) is 115 cm³/mol. The number of fused-ring (bicyclic) bond motifs is 1. The first-order valence-electron chi connectivity index (χ1n) is 9.52. The lowest BCUT2D eigenvalue weighted by atomic mass is 9.86. The number of carbonyl (C=O) groups is 1. The van der Waals surface area contributed by atoms with E-state index < -0.39 is 5.92 Å². The molecule has 2 N–H and O–H groups in total. The Morgan fingerprint density at radius 1 is 1.13 bits per heavy atom. The van der Waals surface area contributed by atoms with Crippen LogP contribution in [0.5, 0.6) is 11.5 Å². The second kappa shape index (κ2) is 8.81. The molecule has 1 amide bonds. The van der Waals surface area contributed by atoms with Crippen LogP contribution in [0.1, 0.15) is 29.0 Å². The Hall–Kier alpha value is -3.33. The maximum Gasteiger partial charge on any atom is 0.257 e. The Labute approximate surface area is 182 Å². The van der Waals surface area contributed by atoms with Crippen LogP contribution in [-0.4, -0.2) is 30.1 Å². The molecule has 2 aromatic carbocycles. The molecule has 160 valence electrons. The molecule has 1 unspecified atom stereocenters. The van der Waals surface area contributed by atoms with Crippen molar-refractivity contribution in [3.05, 3.63) is 75.3 Å². The van der Waals surface area contributed by atoms with Gasteiger partial charge in [0.05, 0.1) is 19.8 Å². The SMILES string of the molecule is COc1cccc(C2CC(=O)Nc3nc(SCc4ccc(F)cc4)[nH]c(=O)c32)c1OC. The molecule has 0 radical (unpaired) electrons. The van der Waals surface area contributed by atoms with Gasteiger partial charge < -0.3 is 19.8 Å². The molecule has 1 atom stereocenters. The van der Waals surface area contributed by atoms with Crippen molar-refractivity contribution < 1.29 is 18.7 Å². The lowest BCUT2D eigenvalue weighted by Crippen LogP contribution is -2.31. The number of halogens is 1. The van der Waals surface area contributed by atoms with Gasteiger partial charge in [0.1, 0.15) is 11.6 Å². The largest absolute Gasteiger partial charge is 0.493 e. The van der Waals surface area contributed by atoms with E-state index in [9.17, 15) is 14.0 Å². The number of ether oxygens (including phenoxy) is 2. The fraction of sp³-hybridized carbons (Fsp3) is 0.227. The molecule has 31 heavy (non-hydrogen) atoms. The number of carbonyl (C=O) groups excluding carboxylic acids is 1. The van der Waals surface area contributed by atoms with Gasteiger partial charge in [0.25, 0.3) is 5.56 Å². The first kappa shape index (κ1) is 20.9. The molecular formula is C22H20FN3O4S. The van der Waals surface area contributed by atoms with Crippen LogP contribution in [0, 0.1) is 5.82 Å². The van der Waals surface area contributed by atoms with Crippen LogP contribution in [0.4, 0.5) is 10.2 Å². The van der Waals surface area contributed by atoms with Crippen molar-refractivity contribution >= 4 is 23.5 Å². The number of anilines is 1. The predicted octanol–water partition coefficient (Wildman–Crippen LogP) is 3.69. The molecule has 1 aromatic heterocycles. The Bertz CT molecular complexity index is 1180. The fourth-order valence-electron chi connectivity index (χ4n) is 3.60. The second-order valence-electron chi connectivity index (χ2n) is 6.94. The maximum absolute atomic E-state index is 13.1. The molecule has 0 saturated carbocycles. The highest BCUT2D eigenvalue weighted by atomic mass is 32.2. The van der Waals surface area contributed by atoms with Gasteiger partial charge >= 0.3 is 0 Å². The summed E-state index contributed by atoms with van der Waals surface area (Å²) in [5.41, 5.74) is 1.60. The van der Waals surface area contributed by atoms with E-state index in [2.05, 4.69) is 15.3 Å². The summed E-state index contributed by atoms with van der Waals surface area (Å²) in [6.07, 6.45) is 0.0867. The molecule has 0 saturated heterocycles. The maximum atomic E-state index is 13.1. The quantitative estimate of drug-likeness (QED) is 0.448. The molecule has 1 aliphatic heterocycles. The summed E-state index contributed by atoms with van der Waals surface area (Å²) >= 11 is 1.29. The van der Waals surface area contributed by atoms with Gasteiger partial charge in [-0.25, -0.2) is 9.37 Å². The number of hydrogen-bond acceptors (Lipinski definition) is 6. The van der Waals surface area contributed by atoms with E-state index in [-0.39, 0.29) is 29.5 Å². The van der Waals surface area contributed by atoms with Crippen molar-refractivity contribution in [3.63, 3.8) is 0 Å². The van der Waals surface area contributed by atoms with Crippen LogP contribution in [0.2, 0.25) is 0 Å². The Morgan fingerprint density at radius 3 is 2.61 bits per heavy atom. The number of nitrogens with one attached hydrogen (secondary N) is 2. The van der Waals surface area contributed by atoms with Gasteiger partial charge in [-0.05, 0) is 23.8 Å². The van der Waals surface area contributed by atoms with Gasteiger partial charge in [-0.1, -0.05) is 36.0 Å². The molecule has 0 bridgehead atoms. The minimum absolute atomic E-state index is 0.0867. The van der Waals surface area contributed by atoms with Crippen molar-refractivity contribution in [1.82, 2.24) is 9.97 Å². The summed E-state index contributed by atoms with van der Waals surface area (Å²) in [4.78, 5) is 32.7. The molecule has 3 aromatic rings. The van der Waals surface area contributed by atoms with Gasteiger partial charge in [0.2, 0.25) is 5.91 Å². The number of aromatic nitrogens is 2. The minimum atomic E-state index is -0.527. The van der Waals surface area contributed by atoms with Gasteiger partial charge in [0, 0.05) is 23.7 Å². The third kappa shape index (κ3) is 4.27. The van der Waals surface area contributed by atoms with Crippen LogP contribution < -0.4 is 20.3 Å². The van der Waals surface area contributed by atoms with Crippen LogP contribution in [0.3, 0.4) is 0 Å². The molecule has 1 aliphatic rings. The first-order chi connectivity index (χ1) is 15.0. The summed E-state index contributed by atoms with van der Waals surface area (Å²) in [6.45, 7) is 0. The van der Waals surface area contributed by atoms with Crippen molar-refractivity contribution in [2.75, 3.05) is 19.5 Å². The third-order valence-corrected chi connectivity index (χ3v) is 5.97. The molecule has 4 rings (SSSR count). The Morgan fingerprint density at radius 2 is 1.90 bits per heavy atom. The summed E-state index contributed by atoms with van der Waals surface area (Å²) in [5.74, 6) is 0.639. The highest BCUT2D eigenvalue weighted by Gasteiger charge is 2.33. The first-order valence-corrected chi connectivity index (χ1v) is 10.5. The van der Waals surface area contributed by atoms with E-state index in [1.54, 1.807) is 24.3 Å². The average Bonchev–Trinajstić information content (AvgIpc) is 2.77. The zero-order valence-corrected chi connectivity index (χ0v) is 17.7. The van der Waals surface area contributed by atoms with E-state index >= 15 is 0 Å². The molecule has 7 nitrogen and oxygen atoms in total. The highest BCUT2D eigenvalue weighted by Crippen LogP contribution is 2.42. The van der Waals surface area contributed by atoms with Crippen LogP contribution in [0.15, 0.2) is 52.4 Å². The lowest BCUT2D eigenvalue weighted by molar-refractivity contribution is -0.116.